The smallest absolute Gasteiger partial charge is 0.393 e. The van der Waals surface area contributed by atoms with E-state index in [4.69, 9.17) is 16.3 Å². The molecule has 1 saturated heterocycles. The topological polar surface area (TPSA) is 29.5 Å². The number of amides is 1. The van der Waals surface area contributed by atoms with Gasteiger partial charge in [-0.25, -0.2) is 0 Å². The molecule has 2 aliphatic heterocycles. The fraction of sp³-hybridized carbons (Fsp3) is 0.438. The highest BCUT2D eigenvalue weighted by molar-refractivity contribution is 6.30. The van der Waals surface area contributed by atoms with Crippen LogP contribution in [0.5, 0.6) is 5.75 Å². The minimum absolute atomic E-state index is 0.0562. The van der Waals surface area contributed by atoms with Crippen LogP contribution in [0.2, 0.25) is 5.02 Å². The van der Waals surface area contributed by atoms with E-state index in [1.54, 1.807) is 24.3 Å². The van der Waals surface area contributed by atoms with Gasteiger partial charge in [0.15, 0.2) is 0 Å². The lowest BCUT2D eigenvalue weighted by Crippen LogP contribution is -2.45. The lowest BCUT2D eigenvalue weighted by molar-refractivity contribution is -0.187. The summed E-state index contributed by atoms with van der Waals surface area (Å²) in [5, 5.41) is 0.507. The molecule has 0 N–H and O–H groups in total. The lowest BCUT2D eigenvalue weighted by Gasteiger charge is -2.34. The van der Waals surface area contributed by atoms with E-state index in [0.29, 0.717) is 34.9 Å². The predicted octanol–water partition coefficient (Wildman–Crippen LogP) is 3.92. The van der Waals surface area contributed by atoms with E-state index in [-0.39, 0.29) is 19.6 Å². The molecular formula is C16H15ClF3NO2. The second kappa shape index (κ2) is 6.07. The molecule has 0 saturated carbocycles. The number of likely N-dealkylation sites (tertiary alicyclic amines) is 1. The van der Waals surface area contributed by atoms with Crippen molar-refractivity contribution in [1.29, 1.82) is 0 Å². The molecule has 1 fully saturated rings. The number of halogens is 4. The fourth-order valence-corrected chi connectivity index (χ4v) is 3.08. The Balaban J connectivity index is 1.78. The highest BCUT2D eigenvalue weighted by Crippen LogP contribution is 2.34. The molecular weight excluding hydrogens is 331 g/mol. The van der Waals surface area contributed by atoms with Crippen molar-refractivity contribution in [3.8, 4) is 5.75 Å². The molecule has 0 bridgehead atoms. The normalized spacial score (nSPS) is 21.3. The van der Waals surface area contributed by atoms with Crippen LogP contribution in [0.1, 0.15) is 18.4 Å². The molecule has 0 aliphatic carbocycles. The first-order valence-corrected chi connectivity index (χ1v) is 7.71. The lowest BCUT2D eigenvalue weighted by atomic mass is 9.96. The summed E-state index contributed by atoms with van der Waals surface area (Å²) < 4.78 is 44.1. The number of nitrogens with zero attached hydrogens (tertiary/aromatic N) is 1. The van der Waals surface area contributed by atoms with Crippen LogP contribution in [0.4, 0.5) is 13.2 Å². The maximum atomic E-state index is 12.9. The number of hydrogen-bond acceptors (Lipinski definition) is 2. The minimum Gasteiger partial charge on any atom is -0.488 e. The fourth-order valence-electron chi connectivity index (χ4n) is 2.90. The first kappa shape index (κ1) is 16.2. The molecule has 2 aliphatic rings. The van der Waals surface area contributed by atoms with Gasteiger partial charge in [-0.05, 0) is 37.1 Å². The largest absolute Gasteiger partial charge is 0.488 e. The van der Waals surface area contributed by atoms with Gasteiger partial charge >= 0.3 is 6.18 Å². The molecule has 0 radical (unpaired) electrons. The van der Waals surface area contributed by atoms with Gasteiger partial charge in [0, 0.05) is 23.7 Å². The molecule has 1 aromatic rings. The summed E-state index contributed by atoms with van der Waals surface area (Å²) in [6.45, 7) is 0.105. The van der Waals surface area contributed by atoms with E-state index in [0.717, 1.165) is 0 Å². The van der Waals surface area contributed by atoms with Crippen molar-refractivity contribution in [3.05, 3.63) is 34.4 Å². The van der Waals surface area contributed by atoms with Gasteiger partial charge < -0.3 is 9.64 Å². The number of carbonyl (C=O) groups is 1. The van der Waals surface area contributed by atoms with E-state index >= 15 is 0 Å². The van der Waals surface area contributed by atoms with Gasteiger partial charge in [-0.1, -0.05) is 11.6 Å². The molecule has 7 heteroatoms. The van der Waals surface area contributed by atoms with Crippen LogP contribution in [-0.4, -0.2) is 36.7 Å². The van der Waals surface area contributed by atoms with E-state index in [9.17, 15) is 18.0 Å². The first-order valence-electron chi connectivity index (χ1n) is 7.33. The van der Waals surface area contributed by atoms with Crippen molar-refractivity contribution in [1.82, 2.24) is 4.90 Å². The Kier molecular flexibility index (Phi) is 4.27. The van der Waals surface area contributed by atoms with Gasteiger partial charge in [0.1, 0.15) is 12.4 Å². The Bertz CT molecular complexity index is 657. The number of fused-ring (bicyclic) bond motifs is 1. The summed E-state index contributed by atoms with van der Waals surface area (Å²) >= 11 is 5.92. The zero-order chi connectivity index (χ0) is 16.6. The van der Waals surface area contributed by atoms with Crippen molar-refractivity contribution >= 4 is 23.6 Å². The zero-order valence-electron chi connectivity index (χ0n) is 12.2. The van der Waals surface area contributed by atoms with Gasteiger partial charge in [-0.3, -0.25) is 4.79 Å². The number of piperidine rings is 1. The van der Waals surface area contributed by atoms with Crippen LogP contribution >= 0.6 is 11.6 Å². The Labute approximate surface area is 136 Å². The van der Waals surface area contributed by atoms with E-state index in [1.807, 2.05) is 0 Å². The number of alkyl halides is 3. The molecule has 0 spiro atoms. The average Bonchev–Trinajstić information content (AvgIpc) is 2.52. The Morgan fingerprint density at radius 2 is 2.13 bits per heavy atom. The summed E-state index contributed by atoms with van der Waals surface area (Å²) in [6, 6.07) is 5.05. The van der Waals surface area contributed by atoms with Crippen LogP contribution in [0.25, 0.3) is 6.08 Å². The molecule has 124 valence electrons. The van der Waals surface area contributed by atoms with E-state index < -0.39 is 18.0 Å². The highest BCUT2D eigenvalue weighted by atomic mass is 35.5. The quantitative estimate of drug-likeness (QED) is 0.772. The van der Waals surface area contributed by atoms with Gasteiger partial charge in [0.2, 0.25) is 0 Å². The predicted molar refractivity (Wildman–Crippen MR) is 80.3 cm³/mol. The Morgan fingerprint density at radius 3 is 2.87 bits per heavy atom. The van der Waals surface area contributed by atoms with Crippen LogP contribution in [0.3, 0.4) is 0 Å². The van der Waals surface area contributed by atoms with Crippen molar-refractivity contribution in [3.63, 3.8) is 0 Å². The average molecular weight is 346 g/mol. The second-order valence-corrected chi connectivity index (χ2v) is 6.21. The minimum atomic E-state index is -4.27. The maximum Gasteiger partial charge on any atom is 0.393 e. The van der Waals surface area contributed by atoms with Crippen molar-refractivity contribution < 1.29 is 22.7 Å². The zero-order valence-corrected chi connectivity index (χ0v) is 13.0. The van der Waals surface area contributed by atoms with Crippen LogP contribution in [0, 0.1) is 5.92 Å². The molecule has 1 aromatic carbocycles. The monoisotopic (exact) mass is 345 g/mol. The first-order chi connectivity index (χ1) is 10.8. The number of carbonyl (C=O) groups excluding carboxylic acids is 1. The van der Waals surface area contributed by atoms with Crippen LogP contribution in [0.15, 0.2) is 23.8 Å². The third-order valence-electron chi connectivity index (χ3n) is 4.13. The summed E-state index contributed by atoms with van der Waals surface area (Å²) in [7, 11) is 0. The number of benzene rings is 1. The summed E-state index contributed by atoms with van der Waals surface area (Å²) in [6.07, 6.45) is -2.20. The van der Waals surface area contributed by atoms with Crippen molar-refractivity contribution in [2.75, 3.05) is 19.7 Å². The third-order valence-corrected chi connectivity index (χ3v) is 4.37. The molecule has 23 heavy (non-hydrogen) atoms. The molecule has 3 nitrogen and oxygen atoms in total. The molecule has 1 amide bonds. The number of rotatable bonds is 1. The Hall–Kier alpha value is -1.69. The summed E-state index contributed by atoms with van der Waals surface area (Å²) in [5.41, 5.74) is 1.01. The molecule has 2 heterocycles. The van der Waals surface area contributed by atoms with Crippen LogP contribution < -0.4 is 4.74 Å². The highest BCUT2D eigenvalue weighted by Gasteiger charge is 2.43. The number of hydrogen-bond donors (Lipinski definition) is 0. The van der Waals surface area contributed by atoms with Gasteiger partial charge in [0.05, 0.1) is 11.5 Å². The molecule has 1 unspecified atom stereocenters. The van der Waals surface area contributed by atoms with Gasteiger partial charge in [0.25, 0.3) is 5.91 Å². The second-order valence-electron chi connectivity index (χ2n) is 5.77. The van der Waals surface area contributed by atoms with Gasteiger partial charge in [-0.15, -0.1) is 0 Å². The van der Waals surface area contributed by atoms with E-state index in [1.165, 1.54) is 4.90 Å². The number of ether oxygens (including phenoxy) is 1. The summed E-state index contributed by atoms with van der Waals surface area (Å²) in [5.74, 6) is -1.24. The van der Waals surface area contributed by atoms with E-state index in [2.05, 4.69) is 0 Å². The molecule has 3 rings (SSSR count). The SMILES string of the molecule is O=C(C1=Cc2cc(Cl)ccc2OC1)N1CCCC(C(F)(F)F)C1. The third kappa shape index (κ3) is 3.47. The van der Waals surface area contributed by atoms with Crippen molar-refractivity contribution in [2.45, 2.75) is 19.0 Å². The summed E-state index contributed by atoms with van der Waals surface area (Å²) in [4.78, 5) is 13.8. The Morgan fingerprint density at radius 1 is 1.35 bits per heavy atom. The standard InChI is InChI=1S/C16H15ClF3NO2/c17-13-3-4-14-10(7-13)6-11(9-23-14)15(22)21-5-1-2-12(8-21)16(18,19)20/h3-4,6-7,12H,1-2,5,8-9H2. The molecule has 1 atom stereocenters. The van der Waals surface area contributed by atoms with Crippen LogP contribution in [-0.2, 0) is 4.79 Å². The van der Waals surface area contributed by atoms with Gasteiger partial charge in [-0.2, -0.15) is 13.2 Å². The maximum absolute atomic E-state index is 12.9. The van der Waals surface area contributed by atoms with Crippen molar-refractivity contribution in [2.24, 2.45) is 5.92 Å². The molecule has 0 aromatic heterocycles.